The van der Waals surface area contributed by atoms with E-state index in [-0.39, 0.29) is 0 Å². The summed E-state index contributed by atoms with van der Waals surface area (Å²) in [6.45, 7) is 1.01. The van der Waals surface area contributed by atoms with Gasteiger partial charge in [-0.2, -0.15) is 8.62 Å². The highest BCUT2D eigenvalue weighted by Crippen LogP contribution is 2.66. The molecular weight excluding hydrogens is 539 g/mol. The van der Waals surface area contributed by atoms with Gasteiger partial charge in [0.15, 0.2) is 11.1 Å². The lowest BCUT2D eigenvalue weighted by molar-refractivity contribution is -0.0749. The van der Waals surface area contributed by atoms with Crippen LogP contribution in [0.15, 0.2) is 21.9 Å². The Labute approximate surface area is 188 Å². The van der Waals surface area contributed by atoms with Crippen molar-refractivity contribution in [2.75, 3.05) is 0 Å². The van der Waals surface area contributed by atoms with Gasteiger partial charge in [-0.15, -0.1) is 0 Å². The number of phosphoric acid groups is 3. The van der Waals surface area contributed by atoms with Crippen LogP contribution in [0.1, 0.15) is 13.2 Å². The number of alkyl halides is 1. The van der Waals surface area contributed by atoms with E-state index in [2.05, 4.69) is 19.1 Å². The molecule has 0 bridgehead atoms. The number of nitrogens with zero attached hydrogens (tertiary/aromatic N) is 1. The van der Waals surface area contributed by atoms with Crippen molar-refractivity contribution in [2.24, 2.45) is 5.73 Å². The SMILES string of the molecule is C[C@H](OP(=O)(O)OP(=O)(O)OP(=O)(O)O)[C@H]1O[C@@H](n2ccc(=O)[nH]c2=O)C(Cl)(C#CN)[C@H]1O. The summed E-state index contributed by atoms with van der Waals surface area (Å²) in [4.78, 5) is 59.2. The molecule has 186 valence electrons. The molecule has 7 atom stereocenters. The summed E-state index contributed by atoms with van der Waals surface area (Å²) in [7, 11) is -17.0. The van der Waals surface area contributed by atoms with Gasteiger partial charge in [0.05, 0.1) is 6.10 Å². The second-order valence-electron chi connectivity index (χ2n) is 6.35. The van der Waals surface area contributed by atoms with Crippen molar-refractivity contribution in [1.82, 2.24) is 9.55 Å². The van der Waals surface area contributed by atoms with Crippen molar-refractivity contribution < 1.29 is 56.3 Å². The molecule has 1 aromatic heterocycles. The minimum atomic E-state index is -5.79. The van der Waals surface area contributed by atoms with Crippen LogP contribution in [0.25, 0.3) is 0 Å². The summed E-state index contributed by atoms with van der Waals surface area (Å²) in [5.41, 5.74) is 3.38. The van der Waals surface area contributed by atoms with Gasteiger partial charge in [-0.25, -0.2) is 18.5 Å². The van der Waals surface area contributed by atoms with Gasteiger partial charge in [0.2, 0.25) is 0 Å². The van der Waals surface area contributed by atoms with Crippen LogP contribution in [-0.2, 0) is 31.6 Å². The largest absolute Gasteiger partial charge is 0.490 e. The van der Waals surface area contributed by atoms with E-state index in [0.717, 1.165) is 23.8 Å². The number of H-pyrrole nitrogens is 1. The molecule has 3 unspecified atom stereocenters. The molecule has 0 amide bonds. The lowest BCUT2D eigenvalue weighted by Gasteiger charge is -2.26. The zero-order valence-electron chi connectivity index (χ0n) is 16.1. The quantitative estimate of drug-likeness (QED) is 0.0825. The van der Waals surface area contributed by atoms with Crippen molar-refractivity contribution in [3.8, 4) is 12.0 Å². The summed E-state index contributed by atoms with van der Waals surface area (Å²) in [6.07, 6.45) is -5.93. The zero-order chi connectivity index (χ0) is 25.4. The molecule has 0 radical (unpaired) electrons. The van der Waals surface area contributed by atoms with Gasteiger partial charge in [0.25, 0.3) is 5.56 Å². The van der Waals surface area contributed by atoms with E-state index in [9.17, 15) is 38.2 Å². The molecule has 8 N–H and O–H groups in total. The molecule has 1 aromatic rings. The van der Waals surface area contributed by atoms with E-state index in [1.54, 1.807) is 0 Å². The lowest BCUT2D eigenvalue weighted by Crippen LogP contribution is -2.45. The molecule has 33 heavy (non-hydrogen) atoms. The van der Waals surface area contributed by atoms with Crippen molar-refractivity contribution >= 4 is 35.1 Å². The fourth-order valence-electron chi connectivity index (χ4n) is 2.77. The first-order chi connectivity index (χ1) is 14.9. The maximum Gasteiger partial charge on any atom is 0.490 e. The second kappa shape index (κ2) is 9.73. The van der Waals surface area contributed by atoms with Gasteiger partial charge in [-0.05, 0) is 12.8 Å². The third-order valence-corrected chi connectivity index (χ3v) is 8.36. The van der Waals surface area contributed by atoms with Gasteiger partial charge >= 0.3 is 29.2 Å². The van der Waals surface area contributed by atoms with Crippen LogP contribution < -0.4 is 17.0 Å². The topological polar surface area (TPSA) is 270 Å². The zero-order valence-corrected chi connectivity index (χ0v) is 19.6. The number of nitrogens with two attached hydrogens (primary N) is 1. The van der Waals surface area contributed by atoms with Gasteiger partial charge in [-0.3, -0.25) is 18.9 Å². The number of aromatic amines is 1. The molecule has 1 aliphatic heterocycles. The Bertz CT molecular complexity index is 1220. The predicted octanol–water partition coefficient (Wildman–Crippen LogP) is -1.58. The lowest BCUT2D eigenvalue weighted by atomic mass is 9.97. The molecule has 2 rings (SSSR count). The highest BCUT2D eigenvalue weighted by atomic mass is 35.5. The van der Waals surface area contributed by atoms with E-state index in [1.165, 1.54) is 0 Å². The van der Waals surface area contributed by atoms with Gasteiger partial charge in [0.1, 0.15) is 12.2 Å². The number of nitrogens with one attached hydrogen (secondary N) is 1. The Balaban J connectivity index is 2.32. The summed E-state index contributed by atoms with van der Waals surface area (Å²) in [5, 5.41) is 10.6. The van der Waals surface area contributed by atoms with Crippen molar-refractivity contribution in [1.29, 1.82) is 0 Å². The van der Waals surface area contributed by atoms with E-state index in [0.29, 0.717) is 0 Å². The van der Waals surface area contributed by atoms with Crippen LogP contribution in [-0.4, -0.2) is 57.4 Å². The van der Waals surface area contributed by atoms with Crippen LogP contribution in [0.5, 0.6) is 0 Å². The van der Waals surface area contributed by atoms with E-state index < -0.39 is 64.1 Å². The second-order valence-corrected chi connectivity index (χ2v) is 11.4. The summed E-state index contributed by atoms with van der Waals surface area (Å²) >= 11 is 6.33. The number of phosphoric ester groups is 1. The molecule has 0 saturated carbocycles. The van der Waals surface area contributed by atoms with Crippen molar-refractivity contribution in [3.63, 3.8) is 0 Å². The van der Waals surface area contributed by atoms with E-state index in [4.69, 9.17) is 31.9 Å². The van der Waals surface area contributed by atoms with Gasteiger partial charge in [0, 0.05) is 18.3 Å². The molecule has 1 saturated heterocycles. The van der Waals surface area contributed by atoms with Crippen LogP contribution in [0, 0.1) is 12.0 Å². The Hall–Kier alpha value is -1.34. The Morgan fingerprint density at radius 3 is 2.36 bits per heavy atom. The molecule has 0 aliphatic carbocycles. The molecule has 1 aliphatic rings. The Morgan fingerprint density at radius 1 is 1.24 bits per heavy atom. The Morgan fingerprint density at radius 2 is 1.85 bits per heavy atom. The number of halogens is 1. The number of rotatable bonds is 8. The Kier molecular flexibility index (Phi) is 8.22. The molecule has 2 heterocycles. The van der Waals surface area contributed by atoms with Crippen molar-refractivity contribution in [2.45, 2.75) is 36.3 Å². The first-order valence-corrected chi connectivity index (χ1v) is 13.2. The smallest absolute Gasteiger partial charge is 0.387 e. The average Bonchev–Trinajstić information content (AvgIpc) is 2.83. The fourth-order valence-corrected chi connectivity index (χ4v) is 6.31. The number of hydrogen-bond donors (Lipinski definition) is 7. The first kappa shape index (κ1) is 27.9. The average molecular weight is 556 g/mol. The first-order valence-electron chi connectivity index (χ1n) is 8.30. The van der Waals surface area contributed by atoms with Crippen molar-refractivity contribution in [3.05, 3.63) is 33.1 Å². The maximum atomic E-state index is 12.1. The molecular formula is C12H17ClN3O14P3. The highest BCUT2D eigenvalue weighted by Gasteiger charge is 2.58. The van der Waals surface area contributed by atoms with E-state index >= 15 is 0 Å². The normalized spacial score (nSPS) is 30.0. The van der Waals surface area contributed by atoms with Crippen LogP contribution in [0.4, 0.5) is 0 Å². The predicted molar refractivity (Wildman–Crippen MR) is 106 cm³/mol. The number of ether oxygens (including phenoxy) is 1. The van der Waals surface area contributed by atoms with Crippen LogP contribution >= 0.6 is 35.1 Å². The number of aromatic nitrogens is 2. The third kappa shape index (κ3) is 6.84. The third-order valence-electron chi connectivity index (χ3n) is 3.93. The monoisotopic (exact) mass is 555 g/mol. The number of aliphatic hydroxyl groups is 1. The highest BCUT2D eigenvalue weighted by molar-refractivity contribution is 7.66. The standard InChI is InChI=1S/C12H17ClN3O14P3/c1-6(28-32(23,24)30-33(25,26)29-31(20,21)22)8-9(18)12(13,3-4-14)10(27-8)16-5-2-7(17)15-11(16)19/h2,5-6,8-10,18H,14H2,1H3,(H,23,24)(H,25,26)(H,15,17,19)(H2,20,21,22)/t6-,8+,9-,10+,12?/m0/s1. The maximum absolute atomic E-state index is 12.1. The minimum Gasteiger partial charge on any atom is -0.387 e. The number of aliphatic hydroxyl groups excluding tert-OH is 1. The molecule has 1 fully saturated rings. The summed E-state index contributed by atoms with van der Waals surface area (Å²) in [5.74, 6) is 2.23. The van der Waals surface area contributed by atoms with Gasteiger partial charge < -0.3 is 35.2 Å². The minimum absolute atomic E-state index is 0.736. The number of hydrogen-bond acceptors (Lipinski definition) is 11. The molecule has 17 nitrogen and oxygen atoms in total. The van der Waals surface area contributed by atoms with Crippen LogP contribution in [0.3, 0.4) is 0 Å². The van der Waals surface area contributed by atoms with E-state index in [1.807, 2.05) is 11.0 Å². The van der Waals surface area contributed by atoms with Gasteiger partial charge in [-0.1, -0.05) is 11.6 Å². The summed E-state index contributed by atoms with van der Waals surface area (Å²) < 4.78 is 52.2. The molecule has 0 aromatic carbocycles. The summed E-state index contributed by atoms with van der Waals surface area (Å²) in [6, 6.07) is 2.86. The fraction of sp³-hybridized carbons (Fsp3) is 0.500. The molecule has 0 spiro atoms. The molecule has 21 heteroatoms. The van der Waals surface area contributed by atoms with Crippen LogP contribution in [0.2, 0.25) is 0 Å².